The standard InChI is InChI=1S/C23H18N4O2S/c28-22(24-14-18-7-4-12-30-18)17-8-9-19-21(13-17)26(15-16-5-2-1-3-6-16)23(29)20-10-11-25-27(19)20/h1-13H,14-15H2,(H,24,28). The highest BCUT2D eigenvalue weighted by Gasteiger charge is 2.15. The van der Waals surface area contributed by atoms with Gasteiger partial charge in [0.25, 0.3) is 11.5 Å². The van der Waals surface area contributed by atoms with Crippen molar-refractivity contribution < 1.29 is 4.79 Å². The van der Waals surface area contributed by atoms with Crippen LogP contribution in [0.2, 0.25) is 0 Å². The Labute approximate surface area is 176 Å². The van der Waals surface area contributed by atoms with E-state index in [0.717, 1.165) is 16.0 Å². The molecule has 6 nitrogen and oxygen atoms in total. The van der Waals surface area contributed by atoms with E-state index in [9.17, 15) is 9.59 Å². The molecule has 1 amide bonds. The number of carbonyl (C=O) groups excluding carboxylic acids is 1. The summed E-state index contributed by atoms with van der Waals surface area (Å²) >= 11 is 1.60. The van der Waals surface area contributed by atoms with Crippen LogP contribution >= 0.6 is 11.3 Å². The quantitative estimate of drug-likeness (QED) is 0.477. The topological polar surface area (TPSA) is 68.4 Å². The molecule has 0 fully saturated rings. The average Bonchev–Trinajstić information content (AvgIpc) is 3.47. The van der Waals surface area contributed by atoms with Gasteiger partial charge < -0.3 is 9.88 Å². The van der Waals surface area contributed by atoms with Crippen molar-refractivity contribution in [2.75, 3.05) is 0 Å². The summed E-state index contributed by atoms with van der Waals surface area (Å²) in [6.45, 7) is 0.891. The lowest BCUT2D eigenvalue weighted by atomic mass is 10.1. The summed E-state index contributed by atoms with van der Waals surface area (Å²) in [5.74, 6) is -0.176. The fourth-order valence-corrected chi connectivity index (χ4v) is 4.22. The fourth-order valence-electron chi connectivity index (χ4n) is 3.57. The minimum absolute atomic E-state index is 0.139. The molecule has 0 bridgehead atoms. The van der Waals surface area contributed by atoms with Crippen LogP contribution in [0.15, 0.2) is 83.1 Å². The Kier molecular flexibility index (Phi) is 4.65. The Morgan fingerprint density at radius 1 is 0.967 bits per heavy atom. The predicted molar refractivity (Wildman–Crippen MR) is 118 cm³/mol. The van der Waals surface area contributed by atoms with Gasteiger partial charge in [-0.05, 0) is 41.3 Å². The largest absolute Gasteiger partial charge is 0.347 e. The number of nitrogens with zero attached hydrogens (tertiary/aromatic N) is 3. The number of thiophene rings is 1. The van der Waals surface area contributed by atoms with E-state index in [1.165, 1.54) is 0 Å². The lowest BCUT2D eigenvalue weighted by Crippen LogP contribution is -2.25. The first-order chi connectivity index (χ1) is 14.7. The first-order valence-corrected chi connectivity index (χ1v) is 10.4. The third-order valence-electron chi connectivity index (χ3n) is 5.05. The van der Waals surface area contributed by atoms with Crippen molar-refractivity contribution in [1.82, 2.24) is 19.5 Å². The Bertz CT molecular complexity index is 1400. The Morgan fingerprint density at radius 2 is 1.83 bits per heavy atom. The van der Waals surface area contributed by atoms with Gasteiger partial charge in [0.15, 0.2) is 0 Å². The van der Waals surface area contributed by atoms with Crippen LogP contribution < -0.4 is 10.9 Å². The van der Waals surface area contributed by atoms with E-state index in [4.69, 9.17) is 0 Å². The maximum absolute atomic E-state index is 13.2. The first kappa shape index (κ1) is 18.3. The molecular weight excluding hydrogens is 396 g/mol. The fraction of sp³-hybridized carbons (Fsp3) is 0.0870. The molecule has 3 heterocycles. The number of hydrogen-bond acceptors (Lipinski definition) is 4. The van der Waals surface area contributed by atoms with E-state index < -0.39 is 0 Å². The summed E-state index contributed by atoms with van der Waals surface area (Å²) in [7, 11) is 0. The molecule has 0 aliphatic heterocycles. The highest BCUT2D eigenvalue weighted by atomic mass is 32.1. The van der Waals surface area contributed by atoms with Crippen molar-refractivity contribution in [2.45, 2.75) is 13.1 Å². The van der Waals surface area contributed by atoms with E-state index in [-0.39, 0.29) is 11.5 Å². The zero-order chi connectivity index (χ0) is 20.5. The molecule has 3 aromatic heterocycles. The number of aromatic nitrogens is 3. The van der Waals surface area contributed by atoms with Crippen LogP contribution in [-0.4, -0.2) is 20.1 Å². The number of nitrogens with one attached hydrogen (secondary N) is 1. The number of benzene rings is 2. The highest BCUT2D eigenvalue weighted by molar-refractivity contribution is 7.09. The van der Waals surface area contributed by atoms with E-state index >= 15 is 0 Å². The number of hydrogen-bond donors (Lipinski definition) is 1. The maximum atomic E-state index is 13.2. The minimum atomic E-state index is -0.176. The van der Waals surface area contributed by atoms with Crippen molar-refractivity contribution in [3.63, 3.8) is 0 Å². The molecule has 7 heteroatoms. The van der Waals surface area contributed by atoms with Crippen LogP contribution in [0.5, 0.6) is 0 Å². The summed E-state index contributed by atoms with van der Waals surface area (Å²) in [6, 6.07) is 20.8. The molecule has 0 aliphatic rings. The third-order valence-corrected chi connectivity index (χ3v) is 5.93. The van der Waals surface area contributed by atoms with Crippen LogP contribution in [0, 0.1) is 0 Å². The van der Waals surface area contributed by atoms with Crippen LogP contribution in [0.25, 0.3) is 16.6 Å². The van der Waals surface area contributed by atoms with Crippen molar-refractivity contribution in [3.8, 4) is 0 Å². The molecule has 0 atom stereocenters. The predicted octanol–water partition coefficient (Wildman–Crippen LogP) is 3.69. The van der Waals surface area contributed by atoms with Gasteiger partial charge in [-0.15, -0.1) is 11.3 Å². The molecule has 5 rings (SSSR count). The number of carbonyl (C=O) groups is 1. The Morgan fingerprint density at radius 3 is 2.63 bits per heavy atom. The maximum Gasteiger partial charge on any atom is 0.277 e. The molecule has 148 valence electrons. The normalized spacial score (nSPS) is 11.2. The second-order valence-electron chi connectivity index (χ2n) is 6.97. The summed E-state index contributed by atoms with van der Waals surface area (Å²) in [5, 5.41) is 9.23. The molecule has 2 aromatic carbocycles. The first-order valence-electron chi connectivity index (χ1n) is 9.55. The highest BCUT2D eigenvalue weighted by Crippen LogP contribution is 2.18. The summed E-state index contributed by atoms with van der Waals surface area (Å²) in [6.07, 6.45) is 1.62. The third kappa shape index (κ3) is 3.29. The Balaban J connectivity index is 1.60. The van der Waals surface area contributed by atoms with Crippen molar-refractivity contribution in [3.05, 3.63) is 105 Å². The van der Waals surface area contributed by atoms with Crippen LogP contribution in [-0.2, 0) is 13.1 Å². The van der Waals surface area contributed by atoms with E-state index in [2.05, 4.69) is 10.4 Å². The summed E-state index contributed by atoms with van der Waals surface area (Å²) < 4.78 is 3.34. The van der Waals surface area contributed by atoms with Gasteiger partial charge in [0.2, 0.25) is 0 Å². The Hall–Kier alpha value is -3.71. The smallest absolute Gasteiger partial charge is 0.277 e. The van der Waals surface area contributed by atoms with Gasteiger partial charge in [-0.1, -0.05) is 36.4 Å². The van der Waals surface area contributed by atoms with E-state index in [1.54, 1.807) is 44.8 Å². The molecule has 0 radical (unpaired) electrons. The van der Waals surface area contributed by atoms with Crippen molar-refractivity contribution in [2.24, 2.45) is 0 Å². The van der Waals surface area contributed by atoms with Crippen molar-refractivity contribution >= 4 is 33.8 Å². The monoisotopic (exact) mass is 414 g/mol. The molecule has 0 aliphatic carbocycles. The summed E-state index contributed by atoms with van der Waals surface area (Å²) in [5.41, 5.74) is 3.33. The SMILES string of the molecule is O=C(NCc1cccs1)c1ccc2c(c1)n(Cc1ccccc1)c(=O)c1ccnn12. The summed E-state index contributed by atoms with van der Waals surface area (Å²) in [4.78, 5) is 27.0. The average molecular weight is 414 g/mol. The number of rotatable bonds is 5. The molecule has 0 saturated carbocycles. The number of amides is 1. The van der Waals surface area contributed by atoms with Gasteiger partial charge in [0.05, 0.1) is 30.3 Å². The van der Waals surface area contributed by atoms with E-state index in [0.29, 0.717) is 29.7 Å². The lowest BCUT2D eigenvalue weighted by molar-refractivity contribution is 0.0951. The van der Waals surface area contributed by atoms with E-state index in [1.807, 2.05) is 53.9 Å². The molecule has 0 unspecified atom stereocenters. The zero-order valence-corrected chi connectivity index (χ0v) is 16.8. The van der Waals surface area contributed by atoms with Crippen molar-refractivity contribution in [1.29, 1.82) is 0 Å². The van der Waals surface area contributed by atoms with Gasteiger partial charge in [-0.25, -0.2) is 4.52 Å². The van der Waals surface area contributed by atoms with Gasteiger partial charge in [0, 0.05) is 10.4 Å². The molecule has 0 spiro atoms. The van der Waals surface area contributed by atoms with Crippen LogP contribution in [0.4, 0.5) is 0 Å². The zero-order valence-electron chi connectivity index (χ0n) is 16.0. The molecule has 1 N–H and O–H groups in total. The molecule has 0 saturated heterocycles. The van der Waals surface area contributed by atoms with Gasteiger partial charge in [0.1, 0.15) is 5.52 Å². The second kappa shape index (κ2) is 7.61. The van der Waals surface area contributed by atoms with Crippen LogP contribution in [0.3, 0.4) is 0 Å². The van der Waals surface area contributed by atoms with Gasteiger partial charge in [-0.3, -0.25) is 9.59 Å². The molecular formula is C23H18N4O2S. The minimum Gasteiger partial charge on any atom is -0.347 e. The molecule has 5 aromatic rings. The number of fused-ring (bicyclic) bond motifs is 3. The van der Waals surface area contributed by atoms with Gasteiger partial charge >= 0.3 is 0 Å². The molecule has 30 heavy (non-hydrogen) atoms. The van der Waals surface area contributed by atoms with Crippen LogP contribution in [0.1, 0.15) is 20.8 Å². The lowest BCUT2D eigenvalue weighted by Gasteiger charge is -2.13. The van der Waals surface area contributed by atoms with Gasteiger partial charge in [-0.2, -0.15) is 5.10 Å². The second-order valence-corrected chi connectivity index (χ2v) is 8.00.